The van der Waals surface area contributed by atoms with Crippen molar-refractivity contribution in [3.63, 3.8) is 0 Å². The molecule has 0 aromatic heterocycles. The van der Waals surface area contributed by atoms with Gasteiger partial charge < -0.3 is 9.47 Å². The summed E-state index contributed by atoms with van der Waals surface area (Å²) < 4.78 is 10.9. The number of rotatable bonds is 3. The molecule has 0 saturated heterocycles. The van der Waals surface area contributed by atoms with E-state index in [1.165, 1.54) is 0 Å². The van der Waals surface area contributed by atoms with Gasteiger partial charge in [-0.3, -0.25) is 0 Å². The zero-order valence-corrected chi connectivity index (χ0v) is 9.28. The Labute approximate surface area is 98.8 Å². The number of ether oxygens (including phenoxy) is 2. The summed E-state index contributed by atoms with van der Waals surface area (Å²) in [5.74, 6) is 1.10. The topological polar surface area (TPSA) is 42.2 Å². The maximum Gasteiger partial charge on any atom is 0.236 e. The van der Waals surface area contributed by atoms with Gasteiger partial charge in [-0.15, -0.1) is 11.6 Å². The third-order valence-electron chi connectivity index (χ3n) is 2.19. The van der Waals surface area contributed by atoms with Crippen LogP contribution in [0.5, 0.6) is 5.75 Å². The first kappa shape index (κ1) is 11.0. The molecule has 1 unspecified atom stereocenters. The molecule has 1 aliphatic rings. The van der Waals surface area contributed by atoms with Gasteiger partial charge in [0.05, 0.1) is 12.2 Å². The van der Waals surface area contributed by atoms with Crippen molar-refractivity contribution in [3.8, 4) is 11.8 Å². The maximum absolute atomic E-state index is 8.98. The van der Waals surface area contributed by atoms with E-state index in [9.17, 15) is 0 Å². The van der Waals surface area contributed by atoms with Gasteiger partial charge in [-0.2, -0.15) is 5.26 Å². The van der Waals surface area contributed by atoms with Crippen molar-refractivity contribution >= 4 is 17.7 Å². The Bertz CT molecular complexity index is 451. The van der Waals surface area contributed by atoms with Gasteiger partial charge in [0.1, 0.15) is 11.8 Å². The Balaban J connectivity index is 2.25. The molecule has 0 radical (unpaired) electrons. The summed E-state index contributed by atoms with van der Waals surface area (Å²) in [6.07, 6.45) is 1.14. The fourth-order valence-corrected chi connectivity index (χ4v) is 1.57. The minimum absolute atomic E-state index is 0.355. The monoisotopic (exact) mass is 235 g/mol. The molecule has 16 heavy (non-hydrogen) atoms. The standard InChI is InChI=1S/C12H10ClNO2/c13-5-6-15-12-10(8-14)7-9-3-1-2-4-11(9)16-12/h1-4,7,12H,5-6H2. The quantitative estimate of drug-likeness (QED) is 0.757. The molecule has 0 bridgehead atoms. The molecule has 0 spiro atoms. The van der Waals surface area contributed by atoms with E-state index in [4.69, 9.17) is 26.3 Å². The van der Waals surface area contributed by atoms with E-state index in [0.29, 0.717) is 18.1 Å². The lowest BCUT2D eigenvalue weighted by atomic mass is 10.1. The van der Waals surface area contributed by atoms with E-state index in [1.54, 1.807) is 6.08 Å². The number of nitrogens with zero attached hydrogens (tertiary/aromatic N) is 1. The average Bonchev–Trinajstić information content (AvgIpc) is 2.35. The number of alkyl halides is 1. The molecule has 4 heteroatoms. The molecule has 1 aromatic carbocycles. The van der Waals surface area contributed by atoms with Gasteiger partial charge in [-0.1, -0.05) is 18.2 Å². The fourth-order valence-electron chi connectivity index (χ4n) is 1.48. The minimum Gasteiger partial charge on any atom is -0.459 e. The van der Waals surface area contributed by atoms with Crippen molar-refractivity contribution in [2.45, 2.75) is 6.29 Å². The Morgan fingerprint density at radius 1 is 1.44 bits per heavy atom. The summed E-state index contributed by atoms with van der Waals surface area (Å²) in [5.41, 5.74) is 1.36. The van der Waals surface area contributed by atoms with Gasteiger partial charge >= 0.3 is 0 Å². The van der Waals surface area contributed by atoms with Crippen molar-refractivity contribution < 1.29 is 9.47 Å². The van der Waals surface area contributed by atoms with Crippen molar-refractivity contribution in [2.24, 2.45) is 0 Å². The molecule has 0 amide bonds. The van der Waals surface area contributed by atoms with Crippen LogP contribution in [-0.2, 0) is 4.74 Å². The summed E-state index contributed by atoms with van der Waals surface area (Å²) in [4.78, 5) is 0. The molecular weight excluding hydrogens is 226 g/mol. The van der Waals surface area contributed by atoms with Crippen molar-refractivity contribution in [3.05, 3.63) is 35.4 Å². The second-order valence-corrected chi connectivity index (χ2v) is 3.64. The molecule has 0 N–H and O–H groups in total. The molecule has 0 saturated carbocycles. The van der Waals surface area contributed by atoms with Crippen molar-refractivity contribution in [1.82, 2.24) is 0 Å². The Morgan fingerprint density at radius 3 is 3.00 bits per heavy atom. The van der Waals surface area contributed by atoms with Crippen LogP contribution in [0.4, 0.5) is 0 Å². The molecule has 1 atom stereocenters. The minimum atomic E-state index is -0.640. The second kappa shape index (κ2) is 5.02. The van der Waals surface area contributed by atoms with Crippen LogP contribution in [-0.4, -0.2) is 18.8 Å². The summed E-state index contributed by atoms with van der Waals surface area (Å²) in [5, 5.41) is 8.98. The highest BCUT2D eigenvalue weighted by atomic mass is 35.5. The molecule has 0 fully saturated rings. The molecule has 3 nitrogen and oxygen atoms in total. The SMILES string of the molecule is N#CC1=Cc2ccccc2OC1OCCCl. The maximum atomic E-state index is 8.98. The van der Waals surface area contributed by atoms with Gasteiger partial charge in [0.2, 0.25) is 6.29 Å². The number of benzene rings is 1. The summed E-state index contributed by atoms with van der Waals surface area (Å²) in [6, 6.07) is 9.58. The van der Waals surface area contributed by atoms with Gasteiger partial charge in [-0.05, 0) is 12.1 Å². The molecule has 0 aliphatic carbocycles. The molecule has 1 aliphatic heterocycles. The number of nitriles is 1. The van der Waals surface area contributed by atoms with Crippen molar-refractivity contribution in [2.75, 3.05) is 12.5 Å². The average molecular weight is 236 g/mol. The van der Waals surface area contributed by atoms with Gasteiger partial charge in [0.15, 0.2) is 0 Å². The number of para-hydroxylation sites is 1. The van der Waals surface area contributed by atoms with Crippen LogP contribution in [0.15, 0.2) is 29.8 Å². The van der Waals surface area contributed by atoms with E-state index < -0.39 is 6.29 Å². The zero-order valence-electron chi connectivity index (χ0n) is 8.52. The van der Waals surface area contributed by atoms with Gasteiger partial charge in [0.25, 0.3) is 0 Å². The Kier molecular flexibility index (Phi) is 3.45. The summed E-state index contributed by atoms with van der Waals surface area (Å²) in [6.45, 7) is 0.355. The van der Waals surface area contributed by atoms with E-state index >= 15 is 0 Å². The Morgan fingerprint density at radius 2 is 2.25 bits per heavy atom. The lowest BCUT2D eigenvalue weighted by Gasteiger charge is -2.23. The highest BCUT2D eigenvalue weighted by Crippen LogP contribution is 2.29. The number of hydrogen-bond donors (Lipinski definition) is 0. The van der Waals surface area contributed by atoms with E-state index in [1.807, 2.05) is 24.3 Å². The normalized spacial score (nSPS) is 18.0. The van der Waals surface area contributed by atoms with Crippen LogP contribution in [0, 0.1) is 11.3 Å². The van der Waals surface area contributed by atoms with E-state index in [2.05, 4.69) is 6.07 Å². The lowest BCUT2D eigenvalue weighted by molar-refractivity contribution is -0.0459. The molecule has 1 heterocycles. The van der Waals surface area contributed by atoms with Crippen LogP contribution < -0.4 is 4.74 Å². The van der Waals surface area contributed by atoms with Crippen molar-refractivity contribution in [1.29, 1.82) is 5.26 Å². The Hall–Kier alpha value is -1.50. The van der Waals surface area contributed by atoms with E-state index in [0.717, 1.165) is 11.3 Å². The predicted molar refractivity (Wildman–Crippen MR) is 61.1 cm³/mol. The zero-order chi connectivity index (χ0) is 11.4. The number of halogens is 1. The fraction of sp³-hybridized carbons (Fsp3) is 0.250. The first-order valence-corrected chi connectivity index (χ1v) is 5.43. The molecule has 1 aromatic rings. The number of fused-ring (bicyclic) bond motifs is 1. The largest absolute Gasteiger partial charge is 0.459 e. The van der Waals surface area contributed by atoms with Crippen LogP contribution in [0.1, 0.15) is 5.56 Å². The molecule has 2 rings (SSSR count). The van der Waals surface area contributed by atoms with Crippen LogP contribution >= 0.6 is 11.6 Å². The van der Waals surface area contributed by atoms with Crippen LogP contribution in [0.25, 0.3) is 6.08 Å². The van der Waals surface area contributed by atoms with Crippen LogP contribution in [0.3, 0.4) is 0 Å². The van der Waals surface area contributed by atoms with E-state index in [-0.39, 0.29) is 0 Å². The predicted octanol–water partition coefficient (Wildman–Crippen LogP) is 2.57. The van der Waals surface area contributed by atoms with Gasteiger partial charge in [0, 0.05) is 11.4 Å². The highest BCUT2D eigenvalue weighted by molar-refractivity contribution is 6.17. The first-order chi connectivity index (χ1) is 7.85. The summed E-state index contributed by atoms with van der Waals surface area (Å²) >= 11 is 5.53. The number of hydrogen-bond acceptors (Lipinski definition) is 3. The first-order valence-electron chi connectivity index (χ1n) is 4.90. The third kappa shape index (κ3) is 2.19. The highest BCUT2D eigenvalue weighted by Gasteiger charge is 2.22. The second-order valence-electron chi connectivity index (χ2n) is 3.26. The third-order valence-corrected chi connectivity index (χ3v) is 2.35. The smallest absolute Gasteiger partial charge is 0.236 e. The molecular formula is C12H10ClNO2. The lowest BCUT2D eigenvalue weighted by Crippen LogP contribution is -2.26. The summed E-state index contributed by atoms with van der Waals surface area (Å²) in [7, 11) is 0. The molecule has 82 valence electrons. The van der Waals surface area contributed by atoms with Crippen LogP contribution in [0.2, 0.25) is 0 Å². The van der Waals surface area contributed by atoms with Gasteiger partial charge in [-0.25, -0.2) is 0 Å².